The maximum atomic E-state index is 2.32. The molecule has 44 heavy (non-hydrogen) atoms. The summed E-state index contributed by atoms with van der Waals surface area (Å²) >= 11 is 0. The van der Waals surface area contributed by atoms with Crippen LogP contribution in [0.25, 0.3) is 18.2 Å². The molecular weight excluding hydrogens is 532 g/mol. The summed E-state index contributed by atoms with van der Waals surface area (Å²) in [4.78, 5) is 4.63. The fraction of sp³-hybridized carbons (Fsp3) is 0.0476. The van der Waals surface area contributed by atoms with Gasteiger partial charge in [0.05, 0.1) is 0 Å². The van der Waals surface area contributed by atoms with E-state index in [4.69, 9.17) is 0 Å². The smallest absolute Gasteiger partial charge is 0.0482 e. The first-order valence-electron chi connectivity index (χ1n) is 15.1. The zero-order valence-electron chi connectivity index (χ0n) is 25.2. The molecule has 0 radical (unpaired) electrons. The van der Waals surface area contributed by atoms with Gasteiger partial charge in [0.1, 0.15) is 0 Å². The first kappa shape index (κ1) is 28.5. The number of para-hydroxylation sites is 2. The Morgan fingerprint density at radius 2 is 0.795 bits per heavy atom. The molecule has 2 nitrogen and oxygen atoms in total. The molecule has 214 valence electrons. The van der Waals surface area contributed by atoms with Crippen molar-refractivity contribution in [2.24, 2.45) is 0 Å². The maximum Gasteiger partial charge on any atom is 0.0482 e. The highest BCUT2D eigenvalue weighted by Gasteiger charge is 2.17. The third-order valence-corrected chi connectivity index (χ3v) is 7.55. The third kappa shape index (κ3) is 6.72. The average Bonchev–Trinajstić information content (AvgIpc) is 3.07. The molecule has 0 atom stereocenters. The first-order chi connectivity index (χ1) is 21.7. The second-order valence-electron chi connectivity index (χ2n) is 10.8. The minimum Gasteiger partial charge on any atom is -0.310 e. The van der Waals surface area contributed by atoms with Gasteiger partial charge in [0.2, 0.25) is 0 Å². The van der Waals surface area contributed by atoms with Crippen LogP contribution < -0.4 is 9.80 Å². The van der Waals surface area contributed by atoms with Crippen LogP contribution in [0.3, 0.4) is 0 Å². The quantitative estimate of drug-likeness (QED) is 0.160. The molecule has 0 fully saturated rings. The van der Waals surface area contributed by atoms with E-state index in [0.717, 1.165) is 39.7 Å². The predicted molar refractivity (Wildman–Crippen MR) is 191 cm³/mol. The number of aryl methyl sites for hydroxylation is 1. The third-order valence-electron chi connectivity index (χ3n) is 7.55. The van der Waals surface area contributed by atoms with Crippen LogP contribution in [0.1, 0.15) is 29.2 Å². The van der Waals surface area contributed by atoms with Gasteiger partial charge in [-0.05, 0) is 97.3 Å². The Morgan fingerprint density at radius 1 is 0.364 bits per heavy atom. The Hall–Kier alpha value is -5.60. The minimum absolute atomic E-state index is 1.09. The van der Waals surface area contributed by atoms with Crippen molar-refractivity contribution in [2.45, 2.75) is 13.8 Å². The summed E-state index contributed by atoms with van der Waals surface area (Å²) in [6.45, 7) is 4.17. The van der Waals surface area contributed by atoms with Crippen LogP contribution in [0, 0.1) is 6.92 Å². The van der Waals surface area contributed by atoms with Gasteiger partial charge in [-0.3, -0.25) is 0 Å². The van der Waals surface area contributed by atoms with Crippen molar-refractivity contribution in [3.05, 3.63) is 186 Å². The number of anilines is 6. The lowest BCUT2D eigenvalue weighted by Crippen LogP contribution is -2.13. The Morgan fingerprint density at radius 3 is 1.30 bits per heavy atom. The van der Waals surface area contributed by atoms with Gasteiger partial charge < -0.3 is 9.80 Å². The van der Waals surface area contributed by atoms with E-state index in [9.17, 15) is 0 Å². The van der Waals surface area contributed by atoms with E-state index in [1.807, 2.05) is 6.92 Å². The molecule has 0 amide bonds. The number of hydrogen-bond acceptors (Lipinski definition) is 2. The lowest BCUT2D eigenvalue weighted by atomic mass is 10.1. The van der Waals surface area contributed by atoms with Gasteiger partial charge in [0.25, 0.3) is 0 Å². The van der Waals surface area contributed by atoms with Crippen LogP contribution in [0.15, 0.2) is 164 Å². The van der Waals surface area contributed by atoms with Gasteiger partial charge in [-0.25, -0.2) is 0 Å². The fourth-order valence-electron chi connectivity index (χ4n) is 5.45. The highest BCUT2D eigenvalue weighted by molar-refractivity contribution is 5.83. The molecule has 0 N–H and O–H groups in total. The van der Waals surface area contributed by atoms with Crippen molar-refractivity contribution in [3.63, 3.8) is 0 Å². The number of rotatable bonds is 9. The molecule has 0 bridgehead atoms. The Balaban J connectivity index is 1.38. The molecule has 0 saturated heterocycles. The lowest BCUT2D eigenvalue weighted by molar-refractivity contribution is 1.25. The van der Waals surface area contributed by atoms with Gasteiger partial charge >= 0.3 is 0 Å². The van der Waals surface area contributed by atoms with E-state index in [1.54, 1.807) is 0 Å². The van der Waals surface area contributed by atoms with Crippen molar-refractivity contribution in [1.29, 1.82) is 0 Å². The molecule has 0 spiro atoms. The van der Waals surface area contributed by atoms with E-state index in [-0.39, 0.29) is 0 Å². The van der Waals surface area contributed by atoms with Crippen LogP contribution in [0.4, 0.5) is 34.1 Å². The van der Waals surface area contributed by atoms with Crippen LogP contribution >= 0.6 is 0 Å². The van der Waals surface area contributed by atoms with Gasteiger partial charge in [0, 0.05) is 34.1 Å². The highest BCUT2D eigenvalue weighted by atomic mass is 15.2. The average molecular weight is 569 g/mol. The molecule has 0 aliphatic carbocycles. The number of allylic oxidation sites excluding steroid dienone is 1. The van der Waals surface area contributed by atoms with E-state index in [0.29, 0.717) is 0 Å². The Kier molecular flexibility index (Phi) is 8.80. The van der Waals surface area contributed by atoms with Crippen LogP contribution in [-0.2, 0) is 0 Å². The van der Waals surface area contributed by atoms with Gasteiger partial charge in [-0.15, -0.1) is 0 Å². The van der Waals surface area contributed by atoms with E-state index in [2.05, 4.69) is 199 Å². The summed E-state index contributed by atoms with van der Waals surface area (Å²) in [5.74, 6) is 0. The largest absolute Gasteiger partial charge is 0.310 e. The topological polar surface area (TPSA) is 6.48 Å². The van der Waals surface area contributed by atoms with Crippen molar-refractivity contribution >= 4 is 52.4 Å². The van der Waals surface area contributed by atoms with E-state index < -0.39 is 0 Å². The van der Waals surface area contributed by atoms with Crippen molar-refractivity contribution in [1.82, 2.24) is 0 Å². The Bertz CT molecular complexity index is 1850. The summed E-state index contributed by atoms with van der Waals surface area (Å²) in [7, 11) is 0. The Labute approximate surface area is 261 Å². The number of benzene rings is 6. The van der Waals surface area contributed by atoms with Crippen molar-refractivity contribution in [3.8, 4) is 0 Å². The molecule has 0 aromatic heterocycles. The lowest BCUT2D eigenvalue weighted by Gasteiger charge is -2.29. The highest BCUT2D eigenvalue weighted by Crippen LogP contribution is 2.40. The zero-order valence-corrected chi connectivity index (χ0v) is 25.2. The number of hydrogen-bond donors (Lipinski definition) is 0. The van der Waals surface area contributed by atoms with Crippen LogP contribution in [-0.4, -0.2) is 0 Å². The normalized spacial score (nSPS) is 11.2. The fourth-order valence-corrected chi connectivity index (χ4v) is 5.45. The van der Waals surface area contributed by atoms with Gasteiger partial charge in [-0.2, -0.15) is 0 Å². The molecule has 0 aliphatic rings. The molecule has 6 rings (SSSR count). The van der Waals surface area contributed by atoms with Gasteiger partial charge in [-0.1, -0.05) is 121 Å². The van der Waals surface area contributed by atoms with E-state index in [1.165, 1.54) is 16.7 Å². The molecule has 0 unspecified atom stereocenters. The van der Waals surface area contributed by atoms with Crippen LogP contribution in [0.2, 0.25) is 0 Å². The summed E-state index contributed by atoms with van der Waals surface area (Å²) in [5.41, 5.74) is 11.4. The predicted octanol–water partition coefficient (Wildman–Crippen LogP) is 12.1. The molecule has 6 aromatic carbocycles. The second kappa shape index (κ2) is 13.6. The molecule has 6 aromatic rings. The summed E-state index contributed by atoms with van der Waals surface area (Å²) < 4.78 is 0. The zero-order chi connectivity index (χ0) is 30.1. The molecule has 2 heteroatoms. The summed E-state index contributed by atoms with van der Waals surface area (Å²) in [6.07, 6.45) is 8.53. The number of nitrogens with zero attached hydrogens (tertiary/aromatic N) is 2. The molecule has 0 heterocycles. The minimum atomic E-state index is 1.09. The molecule has 0 aliphatic heterocycles. The molecular formula is C42H36N2. The molecule has 0 saturated carbocycles. The standard InChI is InChI=1S/C42H36N2/c1-3-12-34-23-27-39(28-24-34)43(37-15-6-4-7-16-37)41-19-11-20-42(32-41)44(38-17-8-5-9-18-38)40-29-25-35(26-30-40)21-22-36-14-10-13-33(2)31-36/h3-32H,1-2H3. The second-order valence-corrected chi connectivity index (χ2v) is 10.8. The van der Waals surface area contributed by atoms with Crippen LogP contribution in [0.5, 0.6) is 0 Å². The SMILES string of the molecule is CC=Cc1ccc(N(c2ccccc2)c2cccc(N(c3ccccc3)c3ccc(C=Cc4cccc(C)c4)cc3)c2)cc1. The first-order valence-corrected chi connectivity index (χ1v) is 15.1. The van der Waals surface area contributed by atoms with Crippen molar-refractivity contribution < 1.29 is 0 Å². The monoisotopic (exact) mass is 568 g/mol. The van der Waals surface area contributed by atoms with Gasteiger partial charge in [0.15, 0.2) is 0 Å². The summed E-state index contributed by atoms with van der Waals surface area (Å²) in [5, 5.41) is 0. The maximum absolute atomic E-state index is 2.32. The van der Waals surface area contributed by atoms with E-state index >= 15 is 0 Å². The van der Waals surface area contributed by atoms with Crippen molar-refractivity contribution in [2.75, 3.05) is 9.80 Å². The summed E-state index contributed by atoms with van der Waals surface area (Å²) in [6, 6.07) is 55.9.